The Morgan fingerprint density at radius 2 is 1.76 bits per heavy atom. The van der Waals surface area contributed by atoms with Crippen LogP contribution in [-0.4, -0.2) is 52.7 Å². The van der Waals surface area contributed by atoms with Crippen molar-refractivity contribution in [2.45, 2.75) is 6.54 Å². The number of rotatable bonds is 5. The van der Waals surface area contributed by atoms with E-state index in [0.29, 0.717) is 23.5 Å². The molecule has 1 aliphatic rings. The Hall–Kier alpha value is -4.22. The van der Waals surface area contributed by atoms with Gasteiger partial charge in [0.1, 0.15) is 17.3 Å². The Kier molecular flexibility index (Phi) is 5.93. The van der Waals surface area contributed by atoms with Gasteiger partial charge in [0.15, 0.2) is 0 Å². The van der Waals surface area contributed by atoms with E-state index in [2.05, 4.69) is 44.3 Å². The van der Waals surface area contributed by atoms with Gasteiger partial charge in [0, 0.05) is 49.1 Å². The molecule has 0 unspecified atom stereocenters. The molecule has 8 heteroatoms. The SMILES string of the molecule is CN1CCN(c2ccc(Nc3ncc4cc(C#N)c(=O)n(Cc5ccccc5)c4n3)cc2)CC1. The van der Waals surface area contributed by atoms with Crippen molar-refractivity contribution in [3.63, 3.8) is 0 Å². The van der Waals surface area contributed by atoms with Crippen LogP contribution in [0.25, 0.3) is 11.0 Å². The number of nitrogens with one attached hydrogen (secondary N) is 1. The number of piperazine rings is 1. The molecule has 8 nitrogen and oxygen atoms in total. The van der Waals surface area contributed by atoms with Crippen molar-refractivity contribution in [3.8, 4) is 6.07 Å². The summed E-state index contributed by atoms with van der Waals surface area (Å²) in [5.41, 5.74) is 3.21. The Balaban J connectivity index is 1.44. The van der Waals surface area contributed by atoms with Crippen molar-refractivity contribution in [2.24, 2.45) is 0 Å². The van der Waals surface area contributed by atoms with Gasteiger partial charge in [-0.05, 0) is 42.9 Å². The second kappa shape index (κ2) is 9.33. The van der Waals surface area contributed by atoms with Crippen LogP contribution in [0.4, 0.5) is 17.3 Å². The minimum Gasteiger partial charge on any atom is -0.369 e. The van der Waals surface area contributed by atoms with E-state index in [1.165, 1.54) is 10.3 Å². The van der Waals surface area contributed by atoms with Gasteiger partial charge in [-0.3, -0.25) is 9.36 Å². The van der Waals surface area contributed by atoms with Crippen molar-refractivity contribution in [1.29, 1.82) is 5.26 Å². The molecular formula is C26H25N7O. The summed E-state index contributed by atoms with van der Waals surface area (Å²) in [6.45, 7) is 4.47. The van der Waals surface area contributed by atoms with Crippen molar-refractivity contribution >= 4 is 28.4 Å². The van der Waals surface area contributed by atoms with Crippen LogP contribution < -0.4 is 15.8 Å². The van der Waals surface area contributed by atoms with Crippen LogP contribution in [-0.2, 0) is 6.54 Å². The van der Waals surface area contributed by atoms with Gasteiger partial charge >= 0.3 is 0 Å². The van der Waals surface area contributed by atoms with E-state index >= 15 is 0 Å². The summed E-state index contributed by atoms with van der Waals surface area (Å²) >= 11 is 0. The average Bonchev–Trinajstić information content (AvgIpc) is 2.87. The molecule has 0 amide bonds. The van der Waals surface area contributed by atoms with E-state index in [1.807, 2.05) is 48.5 Å². The molecule has 4 aromatic rings. The van der Waals surface area contributed by atoms with Crippen molar-refractivity contribution in [1.82, 2.24) is 19.4 Å². The predicted octanol–water partition coefficient (Wildman–Crippen LogP) is 3.21. The number of fused-ring (bicyclic) bond motifs is 1. The second-order valence-electron chi connectivity index (χ2n) is 8.48. The number of nitrogens with zero attached hydrogens (tertiary/aromatic N) is 6. The number of aromatic nitrogens is 3. The highest BCUT2D eigenvalue weighted by atomic mass is 16.1. The van der Waals surface area contributed by atoms with Crippen LogP contribution >= 0.6 is 0 Å². The summed E-state index contributed by atoms with van der Waals surface area (Å²) in [6.07, 6.45) is 1.64. The zero-order valence-electron chi connectivity index (χ0n) is 19.0. The van der Waals surface area contributed by atoms with E-state index in [4.69, 9.17) is 0 Å². The smallest absolute Gasteiger partial charge is 0.270 e. The van der Waals surface area contributed by atoms with Crippen LogP contribution in [0.5, 0.6) is 0 Å². The summed E-state index contributed by atoms with van der Waals surface area (Å²) in [4.78, 5) is 26.7. The number of pyridine rings is 1. The molecule has 0 aliphatic carbocycles. The first-order chi connectivity index (χ1) is 16.6. The zero-order chi connectivity index (χ0) is 23.5. The van der Waals surface area contributed by atoms with Crippen LogP contribution in [0.1, 0.15) is 11.1 Å². The molecule has 170 valence electrons. The van der Waals surface area contributed by atoms with E-state index in [0.717, 1.165) is 37.4 Å². The zero-order valence-corrected chi connectivity index (χ0v) is 19.0. The summed E-state index contributed by atoms with van der Waals surface area (Å²) < 4.78 is 1.53. The summed E-state index contributed by atoms with van der Waals surface area (Å²) in [5, 5.41) is 13.3. The minimum atomic E-state index is -0.361. The van der Waals surface area contributed by atoms with Crippen molar-refractivity contribution < 1.29 is 0 Å². The molecule has 0 radical (unpaired) electrons. The molecule has 1 fully saturated rings. The lowest BCUT2D eigenvalue weighted by molar-refractivity contribution is 0.313. The van der Waals surface area contributed by atoms with Gasteiger partial charge < -0.3 is 15.1 Å². The van der Waals surface area contributed by atoms with Gasteiger partial charge in [-0.2, -0.15) is 10.2 Å². The number of hydrogen-bond acceptors (Lipinski definition) is 7. The maximum absolute atomic E-state index is 12.9. The molecule has 0 spiro atoms. The fraction of sp³-hybridized carbons (Fsp3) is 0.231. The lowest BCUT2D eigenvalue weighted by Gasteiger charge is -2.34. The van der Waals surface area contributed by atoms with Crippen LogP contribution in [0, 0.1) is 11.3 Å². The second-order valence-corrected chi connectivity index (χ2v) is 8.48. The predicted molar refractivity (Wildman–Crippen MR) is 133 cm³/mol. The maximum Gasteiger partial charge on any atom is 0.270 e. The van der Waals surface area contributed by atoms with Gasteiger partial charge in [0.2, 0.25) is 5.95 Å². The molecule has 34 heavy (non-hydrogen) atoms. The largest absolute Gasteiger partial charge is 0.369 e. The number of anilines is 3. The number of likely N-dealkylation sites (N-methyl/N-ethyl adjacent to an activating group) is 1. The standard InChI is InChI=1S/C26H25N7O/c1-31-11-13-32(14-12-31)23-9-7-22(8-10-23)29-26-28-17-21-15-20(16-27)25(34)33(24(21)30-26)18-19-5-3-2-4-6-19/h2-10,15,17H,11-14,18H2,1H3,(H,28,29,30). The normalized spacial score (nSPS) is 14.2. The maximum atomic E-state index is 12.9. The van der Waals surface area contributed by atoms with Gasteiger partial charge in [-0.15, -0.1) is 0 Å². The highest BCUT2D eigenvalue weighted by Crippen LogP contribution is 2.22. The minimum absolute atomic E-state index is 0.0761. The van der Waals surface area contributed by atoms with E-state index < -0.39 is 0 Å². The third-order valence-electron chi connectivity index (χ3n) is 6.12. The van der Waals surface area contributed by atoms with Gasteiger partial charge in [-0.1, -0.05) is 30.3 Å². The van der Waals surface area contributed by atoms with E-state index in [9.17, 15) is 10.1 Å². The van der Waals surface area contributed by atoms with Crippen molar-refractivity contribution in [3.05, 3.63) is 88.3 Å². The quantitative estimate of drug-likeness (QED) is 0.498. The topological polar surface area (TPSA) is 90.1 Å². The van der Waals surface area contributed by atoms with Gasteiger partial charge in [0.05, 0.1) is 6.54 Å². The monoisotopic (exact) mass is 451 g/mol. The number of benzene rings is 2. The third-order valence-corrected chi connectivity index (χ3v) is 6.12. The van der Waals surface area contributed by atoms with Crippen LogP contribution in [0.2, 0.25) is 0 Å². The lowest BCUT2D eigenvalue weighted by Crippen LogP contribution is -2.44. The fourth-order valence-corrected chi connectivity index (χ4v) is 4.16. The Labute approximate surface area is 197 Å². The summed E-state index contributed by atoms with van der Waals surface area (Å²) in [5.74, 6) is 0.394. The van der Waals surface area contributed by atoms with E-state index in [-0.39, 0.29) is 11.1 Å². The Morgan fingerprint density at radius 1 is 1.03 bits per heavy atom. The van der Waals surface area contributed by atoms with Gasteiger partial charge in [-0.25, -0.2) is 4.98 Å². The summed E-state index contributed by atoms with van der Waals surface area (Å²) in [7, 11) is 2.15. The number of hydrogen-bond donors (Lipinski definition) is 1. The molecule has 0 atom stereocenters. The molecule has 2 aromatic carbocycles. The first kappa shape index (κ1) is 21.6. The lowest BCUT2D eigenvalue weighted by atomic mass is 10.2. The fourth-order valence-electron chi connectivity index (χ4n) is 4.16. The summed E-state index contributed by atoms with van der Waals surface area (Å²) in [6, 6.07) is 21.4. The molecule has 0 bridgehead atoms. The first-order valence-corrected chi connectivity index (χ1v) is 11.3. The molecular weight excluding hydrogens is 426 g/mol. The van der Waals surface area contributed by atoms with E-state index in [1.54, 1.807) is 12.3 Å². The highest BCUT2D eigenvalue weighted by molar-refractivity contribution is 5.77. The molecule has 2 aromatic heterocycles. The Morgan fingerprint density at radius 3 is 2.47 bits per heavy atom. The third kappa shape index (κ3) is 4.47. The molecule has 1 aliphatic heterocycles. The van der Waals surface area contributed by atoms with Crippen LogP contribution in [0.3, 0.4) is 0 Å². The van der Waals surface area contributed by atoms with Crippen LogP contribution in [0.15, 0.2) is 71.7 Å². The van der Waals surface area contributed by atoms with Gasteiger partial charge in [0.25, 0.3) is 5.56 Å². The molecule has 1 N–H and O–H groups in total. The molecule has 1 saturated heterocycles. The highest BCUT2D eigenvalue weighted by Gasteiger charge is 2.15. The molecule has 3 heterocycles. The first-order valence-electron chi connectivity index (χ1n) is 11.3. The average molecular weight is 452 g/mol. The Bertz CT molecular complexity index is 1400. The molecule has 5 rings (SSSR count). The number of nitriles is 1. The van der Waals surface area contributed by atoms with Crippen molar-refractivity contribution in [2.75, 3.05) is 43.4 Å². The molecule has 0 saturated carbocycles.